The van der Waals surface area contributed by atoms with Crippen LogP contribution in [0.25, 0.3) is 11.1 Å². The maximum atomic E-state index is 14.3. The number of aryl methyl sites for hydroxylation is 1. The number of halogens is 1. The van der Waals surface area contributed by atoms with Gasteiger partial charge in [0.05, 0.1) is 5.56 Å². The second kappa shape index (κ2) is 10.8. The van der Waals surface area contributed by atoms with Crippen LogP contribution in [0.15, 0.2) is 60.7 Å². The van der Waals surface area contributed by atoms with Gasteiger partial charge in [0, 0.05) is 17.9 Å². The lowest BCUT2D eigenvalue weighted by Gasteiger charge is -2.24. The molecule has 0 saturated carbocycles. The topological polar surface area (TPSA) is 98.7 Å². The molecule has 0 spiro atoms. The van der Waals surface area contributed by atoms with Crippen molar-refractivity contribution in [3.63, 3.8) is 0 Å². The van der Waals surface area contributed by atoms with Crippen molar-refractivity contribution >= 4 is 29.3 Å². The molecule has 0 aromatic heterocycles. The Kier molecular flexibility index (Phi) is 7.57. The van der Waals surface area contributed by atoms with Gasteiger partial charge in [-0.1, -0.05) is 44.2 Å². The molecule has 0 bridgehead atoms. The number of likely N-dealkylation sites (tertiary alicyclic amines) is 1. The minimum Gasteiger partial charge on any atom is -0.478 e. The van der Waals surface area contributed by atoms with Gasteiger partial charge in [-0.15, -0.1) is 0 Å². The maximum Gasteiger partial charge on any atom is 0.338 e. The number of nitrogens with one attached hydrogen (secondary N) is 2. The molecule has 1 aliphatic heterocycles. The van der Waals surface area contributed by atoms with Gasteiger partial charge in [0.25, 0.3) is 0 Å². The number of carboxylic acid groups (broad SMARTS) is 1. The number of carbonyl (C=O) groups is 3. The molecule has 3 aromatic rings. The number of amides is 3. The molecule has 1 aliphatic rings. The molecular weight excluding hydrogens is 473 g/mol. The highest BCUT2D eigenvalue weighted by Crippen LogP contribution is 2.27. The average Bonchev–Trinajstić information content (AvgIpc) is 3.34. The summed E-state index contributed by atoms with van der Waals surface area (Å²) in [5, 5.41) is 14.9. The Labute approximate surface area is 215 Å². The van der Waals surface area contributed by atoms with Gasteiger partial charge >= 0.3 is 12.0 Å². The number of urea groups is 1. The van der Waals surface area contributed by atoms with E-state index >= 15 is 0 Å². The third-order valence-corrected chi connectivity index (χ3v) is 6.63. The zero-order chi connectivity index (χ0) is 26.7. The van der Waals surface area contributed by atoms with E-state index in [0.29, 0.717) is 46.9 Å². The summed E-state index contributed by atoms with van der Waals surface area (Å²) in [6.45, 7) is 6.25. The van der Waals surface area contributed by atoms with Crippen LogP contribution in [0.3, 0.4) is 0 Å². The quantitative estimate of drug-likeness (QED) is 0.370. The van der Waals surface area contributed by atoms with E-state index in [0.717, 1.165) is 6.42 Å². The molecule has 3 aromatic carbocycles. The largest absolute Gasteiger partial charge is 0.478 e. The van der Waals surface area contributed by atoms with Crippen LogP contribution in [0.1, 0.15) is 54.1 Å². The van der Waals surface area contributed by atoms with Gasteiger partial charge in [0.1, 0.15) is 11.9 Å². The molecule has 1 atom stereocenters. The van der Waals surface area contributed by atoms with Crippen molar-refractivity contribution in [1.82, 2.24) is 4.90 Å². The lowest BCUT2D eigenvalue weighted by molar-refractivity contribution is -0.119. The van der Waals surface area contributed by atoms with E-state index in [9.17, 15) is 18.8 Å². The molecule has 0 radical (unpaired) electrons. The molecule has 1 heterocycles. The van der Waals surface area contributed by atoms with Crippen LogP contribution in [-0.4, -0.2) is 40.5 Å². The van der Waals surface area contributed by atoms with Gasteiger partial charge in [0.15, 0.2) is 0 Å². The molecule has 1 saturated heterocycles. The number of nitrogens with zero attached hydrogens (tertiary/aromatic N) is 1. The van der Waals surface area contributed by atoms with Crippen LogP contribution in [0, 0.1) is 12.7 Å². The molecule has 3 N–H and O–H groups in total. The number of carboxylic acids is 1. The number of carbonyl (C=O) groups excluding carboxylic acids is 2. The van der Waals surface area contributed by atoms with Crippen LogP contribution in [-0.2, 0) is 4.79 Å². The first-order valence-electron chi connectivity index (χ1n) is 12.3. The van der Waals surface area contributed by atoms with Crippen LogP contribution < -0.4 is 10.6 Å². The fourth-order valence-corrected chi connectivity index (χ4v) is 4.58. The van der Waals surface area contributed by atoms with Crippen LogP contribution in [0.5, 0.6) is 0 Å². The number of hydrogen-bond acceptors (Lipinski definition) is 3. The molecule has 0 aliphatic carbocycles. The highest BCUT2D eigenvalue weighted by atomic mass is 19.1. The van der Waals surface area contributed by atoms with Crippen LogP contribution in [0.4, 0.5) is 20.6 Å². The summed E-state index contributed by atoms with van der Waals surface area (Å²) in [7, 11) is 0. The number of benzene rings is 3. The second-order valence-electron chi connectivity index (χ2n) is 9.58. The van der Waals surface area contributed by atoms with Gasteiger partial charge in [-0.05, 0) is 78.3 Å². The van der Waals surface area contributed by atoms with Crippen molar-refractivity contribution in [2.75, 3.05) is 17.2 Å². The van der Waals surface area contributed by atoms with Gasteiger partial charge in [-0.2, -0.15) is 0 Å². The molecule has 4 rings (SSSR count). The third-order valence-electron chi connectivity index (χ3n) is 6.63. The normalized spacial score (nSPS) is 15.1. The van der Waals surface area contributed by atoms with Crippen molar-refractivity contribution in [3.05, 3.63) is 83.2 Å². The van der Waals surface area contributed by atoms with Gasteiger partial charge in [-0.3, -0.25) is 4.79 Å². The smallest absolute Gasteiger partial charge is 0.338 e. The Morgan fingerprint density at radius 1 is 0.946 bits per heavy atom. The summed E-state index contributed by atoms with van der Waals surface area (Å²) in [5.41, 5.74) is 3.62. The van der Waals surface area contributed by atoms with Crippen molar-refractivity contribution < 1.29 is 23.9 Å². The first-order valence-corrected chi connectivity index (χ1v) is 12.3. The van der Waals surface area contributed by atoms with E-state index < -0.39 is 17.8 Å². The molecule has 0 unspecified atom stereocenters. The fourth-order valence-electron chi connectivity index (χ4n) is 4.58. The summed E-state index contributed by atoms with van der Waals surface area (Å²) in [6, 6.07) is 16.4. The van der Waals surface area contributed by atoms with Gasteiger partial charge < -0.3 is 20.6 Å². The Balaban J connectivity index is 1.41. The predicted octanol–water partition coefficient (Wildman–Crippen LogP) is 6.26. The number of hydrogen-bond donors (Lipinski definition) is 3. The highest BCUT2D eigenvalue weighted by Gasteiger charge is 2.34. The monoisotopic (exact) mass is 503 g/mol. The molecule has 37 heavy (non-hydrogen) atoms. The summed E-state index contributed by atoms with van der Waals surface area (Å²) in [4.78, 5) is 38.7. The molecule has 8 heteroatoms. The van der Waals surface area contributed by atoms with Crippen molar-refractivity contribution in [2.24, 2.45) is 0 Å². The van der Waals surface area contributed by atoms with Gasteiger partial charge in [0.2, 0.25) is 5.91 Å². The SMILES string of the molecule is Cc1cc(-c2ccc(NC(=O)[C@H]3CCCN3C(=O)Nc3ccc(C(C)C)cc3)cc2)cc(F)c1C(=O)O. The lowest BCUT2D eigenvalue weighted by Crippen LogP contribution is -2.45. The second-order valence-corrected chi connectivity index (χ2v) is 9.58. The Hall–Kier alpha value is -4.20. The van der Waals surface area contributed by atoms with E-state index in [-0.39, 0.29) is 17.5 Å². The lowest BCUT2D eigenvalue weighted by atomic mass is 9.99. The zero-order valence-electron chi connectivity index (χ0n) is 21.0. The summed E-state index contributed by atoms with van der Waals surface area (Å²) in [5.74, 6) is -1.98. The zero-order valence-corrected chi connectivity index (χ0v) is 21.0. The molecule has 192 valence electrons. The number of anilines is 2. The number of aromatic carboxylic acids is 1. The minimum atomic E-state index is -1.31. The van der Waals surface area contributed by atoms with E-state index in [1.165, 1.54) is 11.6 Å². The average molecular weight is 504 g/mol. The fraction of sp³-hybridized carbons (Fsp3) is 0.276. The summed E-state index contributed by atoms with van der Waals surface area (Å²) >= 11 is 0. The van der Waals surface area contributed by atoms with E-state index in [1.807, 2.05) is 24.3 Å². The van der Waals surface area contributed by atoms with Crippen molar-refractivity contribution in [1.29, 1.82) is 0 Å². The van der Waals surface area contributed by atoms with Crippen LogP contribution >= 0.6 is 0 Å². The molecule has 7 nitrogen and oxygen atoms in total. The number of rotatable bonds is 6. The summed E-state index contributed by atoms with van der Waals surface area (Å²) < 4.78 is 14.3. The Bertz CT molecular complexity index is 1300. The van der Waals surface area contributed by atoms with Crippen molar-refractivity contribution in [2.45, 2.75) is 45.6 Å². The third kappa shape index (κ3) is 5.80. The molecule has 1 fully saturated rings. The van der Waals surface area contributed by atoms with E-state index in [2.05, 4.69) is 24.5 Å². The highest BCUT2D eigenvalue weighted by molar-refractivity contribution is 5.99. The maximum absolute atomic E-state index is 14.3. The predicted molar refractivity (Wildman–Crippen MR) is 141 cm³/mol. The van der Waals surface area contributed by atoms with Crippen molar-refractivity contribution in [3.8, 4) is 11.1 Å². The molecular formula is C29H30FN3O4. The summed E-state index contributed by atoms with van der Waals surface area (Å²) in [6.07, 6.45) is 1.30. The first-order chi connectivity index (χ1) is 17.6. The first kappa shape index (κ1) is 25.9. The van der Waals surface area contributed by atoms with Crippen LogP contribution in [0.2, 0.25) is 0 Å². The Morgan fingerprint density at radius 3 is 2.16 bits per heavy atom. The minimum absolute atomic E-state index is 0.275. The standard InChI is InChI=1S/C29H30FN3O4/c1-17(2)19-6-10-23(11-7-19)32-29(37)33-14-4-5-25(33)27(34)31-22-12-8-20(9-13-22)21-15-18(3)26(28(35)36)24(30)16-21/h6-13,15-17,25H,4-5,14H2,1-3H3,(H,31,34)(H,32,37)(H,35,36)/t25-/m1/s1. The van der Waals surface area contributed by atoms with Gasteiger partial charge in [-0.25, -0.2) is 14.0 Å². The van der Waals surface area contributed by atoms with E-state index in [4.69, 9.17) is 5.11 Å². The Morgan fingerprint density at radius 2 is 1.57 bits per heavy atom. The van der Waals surface area contributed by atoms with E-state index in [1.54, 1.807) is 42.2 Å². The molecule has 3 amide bonds.